The van der Waals surface area contributed by atoms with E-state index in [1.165, 1.54) is 32.1 Å². The summed E-state index contributed by atoms with van der Waals surface area (Å²) in [6, 6.07) is 10.1. The van der Waals surface area contributed by atoms with Crippen LogP contribution in [0.2, 0.25) is 0 Å². The first-order valence-corrected chi connectivity index (χ1v) is 7.85. The van der Waals surface area contributed by atoms with Crippen molar-refractivity contribution in [2.75, 3.05) is 13.2 Å². The molecule has 0 amide bonds. The molecule has 0 saturated heterocycles. The van der Waals surface area contributed by atoms with Gasteiger partial charge >= 0.3 is 0 Å². The molecule has 2 N–H and O–H groups in total. The Morgan fingerprint density at radius 2 is 1.85 bits per heavy atom. The molecule has 2 atom stereocenters. The van der Waals surface area contributed by atoms with Crippen LogP contribution in [0.5, 0.6) is 5.75 Å². The van der Waals surface area contributed by atoms with Gasteiger partial charge in [0.2, 0.25) is 0 Å². The van der Waals surface area contributed by atoms with Crippen LogP contribution >= 0.6 is 0 Å². The molecule has 1 rings (SSSR count). The molecule has 2 unspecified atom stereocenters. The van der Waals surface area contributed by atoms with Gasteiger partial charge in [-0.25, -0.2) is 0 Å². The second-order valence-electron chi connectivity index (χ2n) is 5.31. The molecular weight excluding hydrogens is 250 g/mol. The molecule has 0 aliphatic rings. The third-order valence-electron chi connectivity index (χ3n) is 3.37. The van der Waals surface area contributed by atoms with Gasteiger partial charge in [0.15, 0.2) is 0 Å². The number of aliphatic hydroxyl groups excluding tert-OH is 1. The number of ether oxygens (including phenoxy) is 1. The van der Waals surface area contributed by atoms with E-state index >= 15 is 0 Å². The van der Waals surface area contributed by atoms with E-state index in [0.29, 0.717) is 19.2 Å². The zero-order chi connectivity index (χ0) is 14.6. The van der Waals surface area contributed by atoms with E-state index in [2.05, 4.69) is 19.2 Å². The Labute approximate surface area is 123 Å². The maximum atomic E-state index is 9.97. The predicted molar refractivity (Wildman–Crippen MR) is 84.2 cm³/mol. The van der Waals surface area contributed by atoms with Crippen molar-refractivity contribution < 1.29 is 9.84 Å². The van der Waals surface area contributed by atoms with Gasteiger partial charge < -0.3 is 15.2 Å². The molecule has 3 heteroatoms. The van der Waals surface area contributed by atoms with E-state index < -0.39 is 6.10 Å². The highest BCUT2D eigenvalue weighted by molar-refractivity contribution is 5.20. The molecule has 0 saturated carbocycles. The van der Waals surface area contributed by atoms with Crippen LogP contribution in [0.15, 0.2) is 30.3 Å². The first-order valence-electron chi connectivity index (χ1n) is 7.85. The Bertz CT molecular complexity index is 329. The van der Waals surface area contributed by atoms with Gasteiger partial charge in [-0.2, -0.15) is 0 Å². The van der Waals surface area contributed by atoms with Crippen molar-refractivity contribution in [1.82, 2.24) is 5.32 Å². The summed E-state index contributed by atoms with van der Waals surface area (Å²) in [4.78, 5) is 0. The number of unbranched alkanes of at least 4 members (excludes halogenated alkanes) is 1. The summed E-state index contributed by atoms with van der Waals surface area (Å²) in [5.41, 5.74) is 0. The fourth-order valence-corrected chi connectivity index (χ4v) is 2.22. The summed E-state index contributed by atoms with van der Waals surface area (Å²) in [7, 11) is 0. The molecule has 114 valence electrons. The van der Waals surface area contributed by atoms with Gasteiger partial charge in [0.25, 0.3) is 0 Å². The Balaban J connectivity index is 2.21. The summed E-state index contributed by atoms with van der Waals surface area (Å²) in [5.74, 6) is 0.808. The minimum atomic E-state index is -0.462. The first-order chi connectivity index (χ1) is 9.76. The van der Waals surface area contributed by atoms with Crippen LogP contribution in [0, 0.1) is 0 Å². The second kappa shape index (κ2) is 10.7. The molecule has 3 nitrogen and oxygen atoms in total. The Morgan fingerprint density at radius 3 is 2.50 bits per heavy atom. The van der Waals surface area contributed by atoms with Crippen LogP contribution in [0.3, 0.4) is 0 Å². The summed E-state index contributed by atoms with van der Waals surface area (Å²) >= 11 is 0. The van der Waals surface area contributed by atoms with Crippen molar-refractivity contribution >= 4 is 0 Å². The lowest BCUT2D eigenvalue weighted by Crippen LogP contribution is -2.38. The van der Waals surface area contributed by atoms with E-state index in [1.54, 1.807) is 0 Å². The summed E-state index contributed by atoms with van der Waals surface area (Å²) in [6.07, 6.45) is 5.55. The highest BCUT2D eigenvalue weighted by atomic mass is 16.5. The number of rotatable bonds is 11. The van der Waals surface area contributed by atoms with Crippen molar-refractivity contribution in [3.05, 3.63) is 30.3 Å². The molecule has 0 fully saturated rings. The van der Waals surface area contributed by atoms with Crippen LogP contribution in [0.4, 0.5) is 0 Å². The largest absolute Gasteiger partial charge is 0.491 e. The van der Waals surface area contributed by atoms with Gasteiger partial charge in [-0.15, -0.1) is 0 Å². The van der Waals surface area contributed by atoms with Crippen LogP contribution in [-0.4, -0.2) is 30.4 Å². The van der Waals surface area contributed by atoms with E-state index in [1.807, 2.05) is 30.3 Å². The average molecular weight is 279 g/mol. The Kier molecular flexibility index (Phi) is 9.09. The zero-order valence-electron chi connectivity index (χ0n) is 12.8. The van der Waals surface area contributed by atoms with Crippen LogP contribution < -0.4 is 10.1 Å². The van der Waals surface area contributed by atoms with E-state index in [4.69, 9.17) is 4.74 Å². The molecular formula is C17H29NO2. The summed E-state index contributed by atoms with van der Waals surface area (Å²) in [5, 5.41) is 13.4. The Hall–Kier alpha value is -1.06. The van der Waals surface area contributed by atoms with Crippen LogP contribution in [0.25, 0.3) is 0 Å². The number of hydrogen-bond acceptors (Lipinski definition) is 3. The van der Waals surface area contributed by atoms with Crippen molar-refractivity contribution in [3.8, 4) is 5.75 Å². The van der Waals surface area contributed by atoms with Crippen molar-refractivity contribution in [2.45, 2.75) is 58.1 Å². The molecule has 0 aromatic heterocycles. The van der Waals surface area contributed by atoms with Gasteiger partial charge in [-0.3, -0.25) is 0 Å². The molecule has 0 bridgehead atoms. The molecule has 0 aliphatic heterocycles. The number of aliphatic hydroxyl groups is 1. The molecule has 0 aliphatic carbocycles. The molecule has 20 heavy (non-hydrogen) atoms. The lowest BCUT2D eigenvalue weighted by Gasteiger charge is -2.20. The maximum absolute atomic E-state index is 9.97. The third-order valence-corrected chi connectivity index (χ3v) is 3.37. The fraction of sp³-hybridized carbons (Fsp3) is 0.647. The molecule has 0 spiro atoms. The first kappa shape index (κ1) is 17.0. The summed E-state index contributed by atoms with van der Waals surface area (Å²) in [6.45, 7) is 5.35. The topological polar surface area (TPSA) is 41.5 Å². The van der Waals surface area contributed by atoms with E-state index in [0.717, 1.165) is 5.75 Å². The molecule has 0 heterocycles. The molecule has 1 aromatic carbocycles. The highest BCUT2D eigenvalue weighted by Crippen LogP contribution is 2.09. The smallest absolute Gasteiger partial charge is 0.119 e. The monoisotopic (exact) mass is 279 g/mol. The minimum Gasteiger partial charge on any atom is -0.491 e. The lowest BCUT2D eigenvalue weighted by atomic mass is 10.1. The average Bonchev–Trinajstić information content (AvgIpc) is 2.49. The molecule has 1 aromatic rings. The normalized spacial score (nSPS) is 13.9. The van der Waals surface area contributed by atoms with E-state index in [-0.39, 0.29) is 0 Å². The zero-order valence-corrected chi connectivity index (χ0v) is 12.8. The number of hydrogen-bond donors (Lipinski definition) is 2. The number of benzene rings is 1. The van der Waals surface area contributed by atoms with Gasteiger partial charge in [-0.1, -0.05) is 51.3 Å². The second-order valence-corrected chi connectivity index (χ2v) is 5.31. The van der Waals surface area contributed by atoms with Gasteiger partial charge in [-0.05, 0) is 25.0 Å². The summed E-state index contributed by atoms with van der Waals surface area (Å²) < 4.78 is 5.55. The van der Waals surface area contributed by atoms with Crippen molar-refractivity contribution in [3.63, 3.8) is 0 Å². The fourth-order valence-electron chi connectivity index (χ4n) is 2.22. The van der Waals surface area contributed by atoms with Crippen LogP contribution in [-0.2, 0) is 0 Å². The highest BCUT2D eigenvalue weighted by Gasteiger charge is 2.10. The standard InChI is InChI=1S/C17H29NO2/c1-3-5-10-15(9-4-2)18-13-16(19)14-20-17-11-7-6-8-12-17/h6-8,11-12,15-16,18-19H,3-5,9-10,13-14H2,1-2H3. The quantitative estimate of drug-likeness (QED) is 0.652. The SMILES string of the molecule is CCCCC(CCC)NCC(O)COc1ccccc1. The lowest BCUT2D eigenvalue weighted by molar-refractivity contribution is 0.103. The minimum absolute atomic E-state index is 0.337. The Morgan fingerprint density at radius 1 is 1.10 bits per heavy atom. The molecule has 0 radical (unpaired) electrons. The van der Waals surface area contributed by atoms with Gasteiger partial charge in [0, 0.05) is 12.6 Å². The van der Waals surface area contributed by atoms with Crippen LogP contribution in [0.1, 0.15) is 46.0 Å². The van der Waals surface area contributed by atoms with Gasteiger partial charge in [0.05, 0.1) is 0 Å². The van der Waals surface area contributed by atoms with Crippen molar-refractivity contribution in [2.24, 2.45) is 0 Å². The predicted octanol–water partition coefficient (Wildman–Crippen LogP) is 3.37. The van der Waals surface area contributed by atoms with Crippen molar-refractivity contribution in [1.29, 1.82) is 0 Å². The number of nitrogens with one attached hydrogen (secondary N) is 1. The number of para-hydroxylation sites is 1. The van der Waals surface area contributed by atoms with Gasteiger partial charge in [0.1, 0.15) is 18.5 Å². The van der Waals surface area contributed by atoms with E-state index in [9.17, 15) is 5.11 Å². The third kappa shape index (κ3) is 7.51. The maximum Gasteiger partial charge on any atom is 0.119 e.